The van der Waals surface area contributed by atoms with Gasteiger partial charge in [0.1, 0.15) is 12.4 Å². The molecule has 0 fully saturated rings. The Morgan fingerprint density at radius 2 is 1.46 bits per heavy atom. The molecule has 0 aliphatic rings. The first-order chi connectivity index (χ1) is 16.9. The van der Waals surface area contributed by atoms with Gasteiger partial charge in [-0.25, -0.2) is 4.79 Å². The van der Waals surface area contributed by atoms with Crippen LogP contribution in [0.25, 0.3) is 6.08 Å². The lowest BCUT2D eigenvalue weighted by Crippen LogP contribution is -2.13. The molecule has 1 atom stereocenters. The summed E-state index contributed by atoms with van der Waals surface area (Å²) in [5.74, 6) is -1.85. The predicted molar refractivity (Wildman–Crippen MR) is 134 cm³/mol. The Bertz CT molecular complexity index is 1170. The minimum atomic E-state index is -1.05. The smallest absolute Gasteiger partial charge is 0.335 e. The van der Waals surface area contributed by atoms with E-state index in [-0.39, 0.29) is 17.8 Å². The maximum atomic E-state index is 13.2. The Balaban J connectivity index is 1.77. The van der Waals surface area contributed by atoms with Crippen LogP contribution in [0.3, 0.4) is 0 Å². The van der Waals surface area contributed by atoms with Crippen molar-refractivity contribution in [2.45, 2.75) is 32.3 Å². The van der Waals surface area contributed by atoms with Gasteiger partial charge in [-0.3, -0.25) is 9.59 Å². The summed E-state index contributed by atoms with van der Waals surface area (Å²) in [6.45, 7) is 0.416. The summed E-state index contributed by atoms with van der Waals surface area (Å²) in [6.07, 6.45) is 5.25. The van der Waals surface area contributed by atoms with Crippen molar-refractivity contribution in [1.82, 2.24) is 0 Å². The van der Waals surface area contributed by atoms with Crippen molar-refractivity contribution in [3.05, 3.63) is 107 Å². The maximum Gasteiger partial charge on any atom is 0.335 e. The molecule has 6 heteroatoms. The molecule has 6 nitrogen and oxygen atoms in total. The number of ether oxygens (including phenoxy) is 1. The maximum absolute atomic E-state index is 13.2. The molecule has 2 N–H and O–H groups in total. The van der Waals surface area contributed by atoms with Crippen molar-refractivity contribution in [3.63, 3.8) is 0 Å². The number of para-hydroxylation sites is 1. The number of carboxylic acids is 2. The Kier molecular flexibility index (Phi) is 9.37. The normalized spacial score (nSPS) is 11.8. The molecule has 0 saturated heterocycles. The number of rotatable bonds is 13. The van der Waals surface area contributed by atoms with Gasteiger partial charge in [-0.2, -0.15) is 0 Å². The van der Waals surface area contributed by atoms with Gasteiger partial charge in [-0.15, -0.1) is 0 Å². The number of benzene rings is 3. The van der Waals surface area contributed by atoms with E-state index in [4.69, 9.17) is 14.9 Å². The summed E-state index contributed by atoms with van der Waals surface area (Å²) in [4.78, 5) is 35.2. The largest absolute Gasteiger partial charge is 0.488 e. The van der Waals surface area contributed by atoms with Gasteiger partial charge < -0.3 is 14.9 Å². The summed E-state index contributed by atoms with van der Waals surface area (Å²) in [5.41, 5.74) is 2.40. The number of hydrogen-bond donors (Lipinski definition) is 2. The van der Waals surface area contributed by atoms with Crippen LogP contribution in [-0.2, 0) is 11.4 Å². The number of carbonyl (C=O) groups excluding carboxylic acids is 1. The number of hydrogen-bond acceptors (Lipinski definition) is 4. The Morgan fingerprint density at radius 1 is 0.800 bits per heavy atom. The highest BCUT2D eigenvalue weighted by Crippen LogP contribution is 2.24. The molecule has 0 radical (unpaired) electrons. The molecule has 0 aromatic heterocycles. The first-order valence-corrected chi connectivity index (χ1v) is 11.5. The van der Waals surface area contributed by atoms with Crippen LogP contribution in [0.15, 0.2) is 84.9 Å². The monoisotopic (exact) mass is 472 g/mol. The van der Waals surface area contributed by atoms with Gasteiger partial charge in [0.05, 0.1) is 5.56 Å². The number of ketones is 1. The first kappa shape index (κ1) is 25.4. The quantitative estimate of drug-likeness (QED) is 0.230. The van der Waals surface area contributed by atoms with E-state index in [2.05, 4.69) is 0 Å². The number of allylic oxidation sites excluding steroid dienone is 1. The van der Waals surface area contributed by atoms with Crippen LogP contribution in [0.2, 0.25) is 0 Å². The number of carbonyl (C=O) groups is 3. The molecule has 0 aliphatic heterocycles. The van der Waals surface area contributed by atoms with E-state index < -0.39 is 17.9 Å². The zero-order valence-corrected chi connectivity index (χ0v) is 19.3. The molecule has 3 rings (SSSR count). The zero-order valence-electron chi connectivity index (χ0n) is 19.3. The van der Waals surface area contributed by atoms with E-state index >= 15 is 0 Å². The van der Waals surface area contributed by atoms with Crippen molar-refractivity contribution >= 4 is 23.8 Å². The van der Waals surface area contributed by atoms with Crippen molar-refractivity contribution < 1.29 is 29.3 Å². The summed E-state index contributed by atoms with van der Waals surface area (Å²) in [5, 5.41) is 18.0. The van der Waals surface area contributed by atoms with E-state index in [0.717, 1.165) is 11.1 Å². The van der Waals surface area contributed by atoms with E-state index in [1.807, 2.05) is 66.7 Å². The van der Waals surface area contributed by atoms with Gasteiger partial charge in [-0.05, 0) is 36.6 Å². The van der Waals surface area contributed by atoms with E-state index in [1.165, 1.54) is 24.3 Å². The van der Waals surface area contributed by atoms with Crippen LogP contribution in [0, 0.1) is 5.92 Å². The van der Waals surface area contributed by atoms with Gasteiger partial charge in [0, 0.05) is 23.5 Å². The van der Waals surface area contributed by atoms with Crippen molar-refractivity contribution in [3.8, 4) is 5.75 Å². The fourth-order valence-electron chi connectivity index (χ4n) is 3.65. The molecule has 0 saturated carbocycles. The van der Waals surface area contributed by atoms with Crippen LogP contribution in [0.4, 0.5) is 0 Å². The summed E-state index contributed by atoms with van der Waals surface area (Å²) in [7, 11) is 0. The molecular weight excluding hydrogens is 444 g/mol. The highest BCUT2D eigenvalue weighted by atomic mass is 16.5. The van der Waals surface area contributed by atoms with Gasteiger partial charge >= 0.3 is 11.9 Å². The molecule has 180 valence electrons. The lowest BCUT2D eigenvalue weighted by Gasteiger charge is -2.13. The third kappa shape index (κ3) is 7.96. The third-order valence-corrected chi connectivity index (χ3v) is 5.57. The number of carboxylic acid groups (broad SMARTS) is 2. The number of aromatic carboxylic acids is 1. The molecular formula is C29H28O6. The van der Waals surface area contributed by atoms with Gasteiger partial charge in [0.25, 0.3) is 0 Å². The third-order valence-electron chi connectivity index (χ3n) is 5.57. The summed E-state index contributed by atoms with van der Waals surface area (Å²) >= 11 is 0. The SMILES string of the molecule is O=C(O)CCCCC(C=Cc1ccccc1OCc1ccccc1)C(=O)c1ccc(C(=O)O)cc1. The second kappa shape index (κ2) is 12.9. The lowest BCUT2D eigenvalue weighted by molar-refractivity contribution is -0.137. The highest BCUT2D eigenvalue weighted by Gasteiger charge is 2.18. The topological polar surface area (TPSA) is 101 Å². The molecule has 0 bridgehead atoms. The molecule has 0 amide bonds. The van der Waals surface area contributed by atoms with Crippen molar-refractivity contribution in [2.75, 3.05) is 0 Å². The average molecular weight is 473 g/mol. The highest BCUT2D eigenvalue weighted by molar-refractivity contribution is 6.00. The standard InChI is InChI=1S/C29H28O6/c30-27(31)13-7-5-11-23(28(32)24-16-18-25(19-17-24)29(33)34)15-14-22-10-4-6-12-26(22)35-20-21-8-2-1-3-9-21/h1-4,6,8-10,12,14-19,23H,5,7,11,13,20H2,(H,30,31)(H,33,34). The van der Waals surface area contributed by atoms with Crippen molar-refractivity contribution in [1.29, 1.82) is 0 Å². The number of aliphatic carboxylic acids is 1. The van der Waals surface area contributed by atoms with Crippen LogP contribution in [0.5, 0.6) is 5.75 Å². The molecule has 1 unspecified atom stereocenters. The molecule has 0 heterocycles. The minimum absolute atomic E-state index is 0.0497. The molecule has 3 aromatic carbocycles. The Hall–Kier alpha value is -4.19. The summed E-state index contributed by atoms with van der Waals surface area (Å²) < 4.78 is 6.00. The fraction of sp³-hybridized carbons (Fsp3) is 0.207. The molecule has 3 aromatic rings. The molecule has 35 heavy (non-hydrogen) atoms. The number of Topliss-reactive ketones (excluding diaryl/α,β-unsaturated/α-hetero) is 1. The van der Waals surface area contributed by atoms with E-state index in [9.17, 15) is 14.4 Å². The predicted octanol–water partition coefficient (Wildman–Crippen LogP) is 6.12. The Labute approximate surface area is 204 Å². The molecule has 0 spiro atoms. The van der Waals surface area contributed by atoms with Gasteiger partial charge in [0.15, 0.2) is 5.78 Å². The second-order valence-electron chi connectivity index (χ2n) is 8.16. The van der Waals surface area contributed by atoms with Crippen LogP contribution < -0.4 is 4.74 Å². The van der Waals surface area contributed by atoms with Crippen LogP contribution in [-0.4, -0.2) is 27.9 Å². The van der Waals surface area contributed by atoms with Gasteiger partial charge in [-0.1, -0.05) is 79.2 Å². The van der Waals surface area contributed by atoms with E-state index in [1.54, 1.807) is 0 Å². The first-order valence-electron chi connectivity index (χ1n) is 11.5. The van der Waals surface area contributed by atoms with Crippen LogP contribution in [0.1, 0.15) is 57.5 Å². The fourth-order valence-corrected chi connectivity index (χ4v) is 3.65. The zero-order chi connectivity index (χ0) is 25.0. The van der Waals surface area contributed by atoms with Crippen molar-refractivity contribution in [2.24, 2.45) is 5.92 Å². The van der Waals surface area contributed by atoms with E-state index in [0.29, 0.717) is 37.2 Å². The van der Waals surface area contributed by atoms with Gasteiger partial charge in [0.2, 0.25) is 0 Å². The average Bonchev–Trinajstić information content (AvgIpc) is 2.87. The van der Waals surface area contributed by atoms with Crippen LogP contribution >= 0.6 is 0 Å². The minimum Gasteiger partial charge on any atom is -0.488 e. The lowest BCUT2D eigenvalue weighted by atomic mass is 9.91. The summed E-state index contributed by atoms with van der Waals surface area (Å²) in [6, 6.07) is 23.2. The number of unbranched alkanes of at least 4 members (excludes halogenated alkanes) is 1. The Morgan fingerprint density at radius 3 is 2.14 bits per heavy atom. The molecule has 0 aliphatic carbocycles. The second-order valence-corrected chi connectivity index (χ2v) is 8.16.